The molecule has 3 N–H and O–H groups in total. The van der Waals surface area contributed by atoms with Gasteiger partial charge in [0.25, 0.3) is 11.8 Å². The molecule has 0 spiro atoms. The molecule has 0 saturated carbocycles. The van der Waals surface area contributed by atoms with Crippen LogP contribution in [-0.2, 0) is 9.59 Å². The van der Waals surface area contributed by atoms with E-state index in [1.165, 1.54) is 6.07 Å². The van der Waals surface area contributed by atoms with E-state index in [2.05, 4.69) is 15.5 Å². The molecule has 13 heteroatoms. The van der Waals surface area contributed by atoms with Crippen LogP contribution in [0.3, 0.4) is 0 Å². The summed E-state index contributed by atoms with van der Waals surface area (Å²) in [6, 6.07) is 2.57. The number of aromatic nitrogens is 2. The van der Waals surface area contributed by atoms with Crippen LogP contribution in [0.4, 0.5) is 14.6 Å². The summed E-state index contributed by atoms with van der Waals surface area (Å²) in [6.45, 7) is 3.20. The van der Waals surface area contributed by atoms with Crippen LogP contribution >= 0.6 is 11.6 Å². The van der Waals surface area contributed by atoms with Gasteiger partial charge in [-0.25, -0.2) is 8.78 Å². The van der Waals surface area contributed by atoms with E-state index >= 15 is 0 Å². The van der Waals surface area contributed by atoms with E-state index in [9.17, 15) is 28.0 Å². The molecule has 3 rings (SSSR count). The Hall–Kier alpha value is -3.54. The molecule has 36 heavy (non-hydrogen) atoms. The van der Waals surface area contributed by atoms with Crippen LogP contribution in [0.5, 0.6) is 0 Å². The minimum atomic E-state index is -1.23. The van der Waals surface area contributed by atoms with Crippen LogP contribution < -0.4 is 5.32 Å². The minimum absolute atomic E-state index is 0.0510. The maximum absolute atomic E-state index is 13.5. The van der Waals surface area contributed by atoms with Gasteiger partial charge in [0, 0.05) is 38.2 Å². The number of halogens is 3. The average molecular weight is 526 g/mol. The minimum Gasteiger partial charge on any atom is -0.481 e. The highest BCUT2D eigenvalue weighted by molar-refractivity contribution is 6.34. The number of carboxylic acids is 1. The number of H-pyrrole nitrogens is 1. The molecule has 1 fully saturated rings. The second kappa shape index (κ2) is 11.9. The van der Waals surface area contributed by atoms with Gasteiger partial charge in [-0.1, -0.05) is 18.5 Å². The fraction of sp³-hybridized carbons (Fsp3) is 0.435. The largest absolute Gasteiger partial charge is 0.481 e. The highest BCUT2D eigenvalue weighted by Crippen LogP contribution is 2.23. The highest BCUT2D eigenvalue weighted by Gasteiger charge is 2.31. The summed E-state index contributed by atoms with van der Waals surface area (Å²) in [5.74, 6) is -4.77. The summed E-state index contributed by atoms with van der Waals surface area (Å²) >= 11 is 5.84. The monoisotopic (exact) mass is 525 g/mol. The number of hydrogen-bond acceptors (Lipinski definition) is 5. The Bertz CT molecular complexity index is 1150. The van der Waals surface area contributed by atoms with Crippen LogP contribution in [0.1, 0.15) is 59.9 Å². The van der Waals surface area contributed by atoms with Gasteiger partial charge in [0.1, 0.15) is 5.82 Å². The topological polar surface area (TPSA) is 136 Å². The standard InChI is InChI=1S/C23H26ClF2N5O5/c1-2-7-31(13-5-8-30(9-6-13)20(32)3-4-21(33)34)23(36)18-12-19(29-28-18)27-22(35)14-10-16(25)17(26)11-15(14)24/h10-13H,2-9H2,1H3,(H,33,34)(H2,27,28,29,35). The van der Waals surface area contributed by atoms with Crippen molar-refractivity contribution in [1.82, 2.24) is 20.0 Å². The molecule has 0 atom stereocenters. The number of aliphatic carboxylic acids is 1. The molecule has 1 aliphatic heterocycles. The van der Waals surface area contributed by atoms with Gasteiger partial charge in [0.2, 0.25) is 5.91 Å². The van der Waals surface area contributed by atoms with Crippen LogP contribution in [0.25, 0.3) is 0 Å². The molecule has 194 valence electrons. The third kappa shape index (κ3) is 6.56. The molecule has 0 radical (unpaired) electrons. The summed E-state index contributed by atoms with van der Waals surface area (Å²) in [7, 11) is 0. The molecular formula is C23H26ClF2N5O5. The number of piperidine rings is 1. The van der Waals surface area contributed by atoms with E-state index in [0.29, 0.717) is 51.0 Å². The SMILES string of the molecule is CCCN(C(=O)c1cc(NC(=O)c2cc(F)c(F)cc2Cl)[nH]n1)C1CCN(C(=O)CCC(=O)O)CC1. The van der Waals surface area contributed by atoms with Gasteiger partial charge in [-0.15, -0.1) is 0 Å². The number of carboxylic acid groups (broad SMARTS) is 1. The number of nitrogens with zero attached hydrogens (tertiary/aromatic N) is 3. The van der Waals surface area contributed by atoms with E-state index in [1.54, 1.807) is 9.80 Å². The summed E-state index contributed by atoms with van der Waals surface area (Å²) in [4.78, 5) is 51.8. The number of likely N-dealkylation sites (tertiary alicyclic amines) is 1. The molecule has 3 amide bonds. The van der Waals surface area contributed by atoms with Crippen molar-refractivity contribution in [1.29, 1.82) is 0 Å². The third-order valence-corrected chi connectivity index (χ3v) is 6.15. The number of nitrogens with one attached hydrogen (secondary N) is 2. The highest BCUT2D eigenvalue weighted by atomic mass is 35.5. The molecule has 2 aromatic rings. The number of carbonyl (C=O) groups excluding carboxylic acids is 3. The molecule has 1 aromatic carbocycles. The van der Waals surface area contributed by atoms with Gasteiger partial charge in [-0.2, -0.15) is 5.10 Å². The predicted octanol–water partition coefficient (Wildman–Crippen LogP) is 3.30. The van der Waals surface area contributed by atoms with E-state index in [-0.39, 0.29) is 52.8 Å². The first-order valence-electron chi connectivity index (χ1n) is 11.4. The van der Waals surface area contributed by atoms with Crippen LogP contribution in [0, 0.1) is 11.6 Å². The Balaban J connectivity index is 1.64. The van der Waals surface area contributed by atoms with Crippen LogP contribution in [-0.4, -0.2) is 74.5 Å². The number of amides is 3. The first-order valence-corrected chi connectivity index (χ1v) is 11.8. The summed E-state index contributed by atoms with van der Waals surface area (Å²) in [5, 5.41) is 17.4. The maximum atomic E-state index is 13.5. The Morgan fingerprint density at radius 2 is 1.83 bits per heavy atom. The lowest BCUT2D eigenvalue weighted by atomic mass is 10.0. The Labute approximate surface area is 210 Å². The summed E-state index contributed by atoms with van der Waals surface area (Å²) in [6.07, 6.45) is 1.47. The van der Waals surface area contributed by atoms with Gasteiger partial charge >= 0.3 is 5.97 Å². The maximum Gasteiger partial charge on any atom is 0.303 e. The fourth-order valence-electron chi connectivity index (χ4n) is 4.02. The van der Waals surface area contributed by atoms with Crippen molar-refractivity contribution in [3.05, 3.63) is 46.1 Å². The normalized spacial score (nSPS) is 13.9. The van der Waals surface area contributed by atoms with Crippen molar-refractivity contribution in [3.63, 3.8) is 0 Å². The van der Waals surface area contributed by atoms with Crippen LogP contribution in [0.15, 0.2) is 18.2 Å². The lowest BCUT2D eigenvalue weighted by Crippen LogP contribution is -2.49. The third-order valence-electron chi connectivity index (χ3n) is 5.84. The van der Waals surface area contributed by atoms with Gasteiger partial charge in [0.15, 0.2) is 17.3 Å². The molecular weight excluding hydrogens is 500 g/mol. The van der Waals surface area contributed by atoms with Gasteiger partial charge in [-0.05, 0) is 31.4 Å². The van der Waals surface area contributed by atoms with Crippen LogP contribution in [0.2, 0.25) is 5.02 Å². The number of carbonyl (C=O) groups is 4. The Morgan fingerprint density at radius 3 is 2.47 bits per heavy atom. The number of benzene rings is 1. The molecule has 10 nitrogen and oxygen atoms in total. The molecule has 2 heterocycles. The predicted molar refractivity (Wildman–Crippen MR) is 126 cm³/mol. The van der Waals surface area contributed by atoms with E-state index in [1.807, 2.05) is 6.92 Å². The lowest BCUT2D eigenvalue weighted by Gasteiger charge is -2.38. The van der Waals surface area contributed by atoms with E-state index in [0.717, 1.165) is 0 Å². The molecule has 0 aliphatic carbocycles. The van der Waals surface area contributed by atoms with E-state index < -0.39 is 23.5 Å². The van der Waals surface area contributed by atoms with Gasteiger partial charge < -0.3 is 20.2 Å². The molecule has 0 bridgehead atoms. The number of anilines is 1. The second-order valence-electron chi connectivity index (χ2n) is 8.37. The molecule has 1 aliphatic rings. The van der Waals surface area contributed by atoms with Crippen molar-refractivity contribution in [2.24, 2.45) is 0 Å². The fourth-order valence-corrected chi connectivity index (χ4v) is 4.25. The molecule has 1 aromatic heterocycles. The lowest BCUT2D eigenvalue weighted by molar-refractivity contribution is -0.141. The zero-order valence-corrected chi connectivity index (χ0v) is 20.3. The number of hydrogen-bond donors (Lipinski definition) is 3. The van der Waals surface area contributed by atoms with E-state index in [4.69, 9.17) is 16.7 Å². The Morgan fingerprint density at radius 1 is 1.17 bits per heavy atom. The first-order chi connectivity index (χ1) is 17.1. The van der Waals surface area contributed by atoms with Crippen molar-refractivity contribution in [2.75, 3.05) is 25.0 Å². The first kappa shape index (κ1) is 27.1. The van der Waals surface area contributed by atoms with Gasteiger partial charge in [-0.3, -0.25) is 24.3 Å². The average Bonchev–Trinajstić information content (AvgIpc) is 3.31. The number of rotatable bonds is 9. The van der Waals surface area contributed by atoms with Gasteiger partial charge in [0.05, 0.1) is 17.0 Å². The van der Waals surface area contributed by atoms with Crippen molar-refractivity contribution < 1.29 is 33.1 Å². The Kier molecular flexibility index (Phi) is 8.97. The number of aromatic amines is 1. The van der Waals surface area contributed by atoms with Crippen molar-refractivity contribution >= 4 is 41.1 Å². The van der Waals surface area contributed by atoms with Crippen molar-refractivity contribution in [3.8, 4) is 0 Å². The second-order valence-corrected chi connectivity index (χ2v) is 8.78. The molecule has 0 unspecified atom stereocenters. The summed E-state index contributed by atoms with van der Waals surface area (Å²) in [5.41, 5.74) is -0.231. The quantitative estimate of drug-likeness (QED) is 0.430. The molecule has 1 saturated heterocycles. The zero-order chi connectivity index (χ0) is 26.4. The smallest absolute Gasteiger partial charge is 0.303 e. The summed E-state index contributed by atoms with van der Waals surface area (Å²) < 4.78 is 26.8. The zero-order valence-electron chi connectivity index (χ0n) is 19.5. The van der Waals surface area contributed by atoms with Crippen molar-refractivity contribution in [2.45, 2.75) is 45.1 Å².